The largest absolute Gasteiger partial charge is 0.481 e. The van der Waals surface area contributed by atoms with Gasteiger partial charge in [-0.25, -0.2) is 13.2 Å². The number of nitrogens with zero attached hydrogens (tertiary/aromatic N) is 4. The Morgan fingerprint density at radius 3 is 2.48 bits per heavy atom. The SMILES string of the molecule is Cc1cc2cc(c1F)C(CC(=O)O)NC(=O)C(n1cc(CCN3CC(F)C3)c(C(F)(F)F)cc1=O)c1cc(ccc1F)Oc1nn(CC3CC3)cc1-2. The molecule has 1 aliphatic carbocycles. The summed E-state index contributed by atoms with van der Waals surface area (Å²) in [5, 5.41) is 16.9. The molecule has 4 heterocycles. The molecular weight excluding hydrogens is 696 g/mol. The Bertz CT molecular complexity index is 2120. The number of rotatable bonds is 8. The highest BCUT2D eigenvalue weighted by atomic mass is 19.4. The second kappa shape index (κ2) is 13.5. The Labute approximate surface area is 292 Å². The minimum absolute atomic E-state index is 0.00162. The van der Waals surface area contributed by atoms with Crippen molar-refractivity contribution in [2.45, 2.75) is 63.6 Å². The number of benzene rings is 2. The van der Waals surface area contributed by atoms with Crippen LogP contribution in [-0.2, 0) is 28.7 Å². The van der Waals surface area contributed by atoms with Crippen molar-refractivity contribution in [1.29, 1.82) is 0 Å². The van der Waals surface area contributed by atoms with Crippen LogP contribution in [0.2, 0.25) is 0 Å². The Balaban J connectivity index is 1.41. The van der Waals surface area contributed by atoms with Gasteiger partial charge in [0, 0.05) is 55.8 Å². The molecule has 2 N–H and O–H groups in total. The molecule has 2 aromatic heterocycles. The van der Waals surface area contributed by atoms with Crippen LogP contribution in [-0.4, -0.2) is 62.0 Å². The fraction of sp³-hybridized carbons (Fsp3) is 0.389. The fourth-order valence-electron chi connectivity index (χ4n) is 6.75. The summed E-state index contributed by atoms with van der Waals surface area (Å²) in [7, 11) is 0. The van der Waals surface area contributed by atoms with Gasteiger partial charge >= 0.3 is 12.1 Å². The maximum Gasteiger partial charge on any atom is 0.416 e. The second-order valence-electron chi connectivity index (χ2n) is 13.6. The quantitative estimate of drug-likeness (QED) is 0.215. The molecule has 1 saturated heterocycles. The number of carboxylic acids is 1. The molecule has 16 heteroatoms. The summed E-state index contributed by atoms with van der Waals surface area (Å²) in [6.07, 6.45) is -2.73. The number of aryl methyl sites for hydroxylation is 1. The minimum atomic E-state index is -4.98. The molecule has 0 radical (unpaired) electrons. The third-order valence-corrected chi connectivity index (χ3v) is 9.62. The Morgan fingerprint density at radius 1 is 1.06 bits per heavy atom. The van der Waals surface area contributed by atoms with Crippen LogP contribution in [0.15, 0.2) is 53.6 Å². The topological polar surface area (TPSA) is 119 Å². The van der Waals surface area contributed by atoms with Crippen LogP contribution in [0.3, 0.4) is 0 Å². The normalized spacial score (nSPS) is 19.4. The van der Waals surface area contributed by atoms with E-state index in [-0.39, 0.29) is 48.8 Å². The first kappa shape index (κ1) is 35.3. The molecule has 10 nitrogen and oxygen atoms in total. The van der Waals surface area contributed by atoms with E-state index < -0.39 is 76.6 Å². The number of hydrogen-bond donors (Lipinski definition) is 2. The van der Waals surface area contributed by atoms with Crippen molar-refractivity contribution < 1.29 is 45.8 Å². The first-order valence-electron chi connectivity index (χ1n) is 16.7. The van der Waals surface area contributed by atoms with Crippen molar-refractivity contribution >= 4 is 11.9 Å². The van der Waals surface area contributed by atoms with E-state index in [2.05, 4.69) is 10.4 Å². The molecule has 0 spiro atoms. The van der Waals surface area contributed by atoms with E-state index in [1.165, 1.54) is 25.1 Å². The summed E-state index contributed by atoms with van der Waals surface area (Å²) in [4.78, 5) is 41.5. The van der Waals surface area contributed by atoms with Crippen LogP contribution < -0.4 is 15.6 Å². The lowest BCUT2D eigenvalue weighted by Gasteiger charge is -2.34. The van der Waals surface area contributed by atoms with Gasteiger partial charge in [-0.05, 0) is 79.1 Å². The summed E-state index contributed by atoms with van der Waals surface area (Å²) < 4.78 is 96.3. The van der Waals surface area contributed by atoms with Crippen molar-refractivity contribution in [2.75, 3.05) is 19.6 Å². The van der Waals surface area contributed by atoms with E-state index in [4.69, 9.17) is 4.74 Å². The number of carbonyl (C=O) groups is 2. The molecule has 1 saturated carbocycles. The number of likely N-dealkylation sites (tertiary alicyclic amines) is 1. The number of ether oxygens (including phenoxy) is 1. The molecule has 3 aliphatic rings. The summed E-state index contributed by atoms with van der Waals surface area (Å²) in [5.41, 5.74) is -2.86. The van der Waals surface area contributed by atoms with Gasteiger partial charge in [0.1, 0.15) is 29.6 Å². The lowest BCUT2D eigenvalue weighted by Crippen LogP contribution is -2.49. The standard InChI is InChI=1S/C36H33F6N5O5/c1-18-8-21-9-25(32(18)39)29(12-31(49)50)43-34(51)33(47-14-20(6-7-45-15-22(37)16-45)27(11-30(47)48)36(40,41)42)24-10-23(4-5-28(24)38)52-35-26(21)17-46(44-35)13-19-2-3-19/h4-5,8-11,14,17,19,22,29,33H,2-3,6-7,12-13,15-16H2,1H3,(H,43,51)(H,49,50). The zero-order chi connectivity index (χ0) is 37.1. The number of carboxylic acid groups (broad SMARTS) is 1. The molecular formula is C36H33F6N5O5. The number of carbonyl (C=O) groups excluding carboxylic acids is 1. The van der Waals surface area contributed by atoms with Crippen molar-refractivity contribution in [3.63, 3.8) is 0 Å². The smallest absolute Gasteiger partial charge is 0.416 e. The molecule has 2 aromatic carbocycles. The maximum atomic E-state index is 15.9. The molecule has 7 rings (SSSR count). The molecule has 2 aliphatic heterocycles. The van der Waals surface area contributed by atoms with Gasteiger partial charge in [0.05, 0.1) is 23.6 Å². The molecule has 2 fully saturated rings. The number of aromatic nitrogens is 3. The molecule has 4 bridgehead atoms. The van der Waals surface area contributed by atoms with E-state index in [1.807, 2.05) is 0 Å². The first-order valence-corrected chi connectivity index (χ1v) is 16.7. The van der Waals surface area contributed by atoms with Crippen molar-refractivity contribution in [3.05, 3.63) is 98.6 Å². The number of fused-ring (bicyclic) bond motifs is 6. The predicted octanol–water partition coefficient (Wildman–Crippen LogP) is 5.95. The summed E-state index contributed by atoms with van der Waals surface area (Å²) >= 11 is 0. The number of pyridine rings is 1. The van der Waals surface area contributed by atoms with Gasteiger partial charge in [0.2, 0.25) is 11.8 Å². The minimum Gasteiger partial charge on any atom is -0.481 e. The number of alkyl halides is 4. The van der Waals surface area contributed by atoms with Crippen LogP contribution in [0.1, 0.15) is 59.2 Å². The average Bonchev–Trinajstić information content (AvgIpc) is 3.78. The van der Waals surface area contributed by atoms with Crippen molar-refractivity contribution in [3.8, 4) is 22.8 Å². The lowest BCUT2D eigenvalue weighted by atomic mass is 9.94. The van der Waals surface area contributed by atoms with Gasteiger partial charge < -0.3 is 15.2 Å². The highest BCUT2D eigenvalue weighted by Crippen LogP contribution is 2.40. The second-order valence-corrected chi connectivity index (χ2v) is 13.6. The van der Waals surface area contributed by atoms with Gasteiger partial charge in [0.15, 0.2) is 0 Å². The average molecular weight is 730 g/mol. The molecule has 52 heavy (non-hydrogen) atoms. The van der Waals surface area contributed by atoms with E-state index >= 15 is 8.78 Å². The maximum absolute atomic E-state index is 15.9. The predicted molar refractivity (Wildman–Crippen MR) is 174 cm³/mol. The number of amides is 1. The van der Waals surface area contributed by atoms with Crippen molar-refractivity contribution in [1.82, 2.24) is 24.6 Å². The molecule has 4 aromatic rings. The highest BCUT2D eigenvalue weighted by Gasteiger charge is 2.38. The lowest BCUT2D eigenvalue weighted by molar-refractivity contribution is -0.139. The van der Waals surface area contributed by atoms with Crippen molar-refractivity contribution in [2.24, 2.45) is 5.92 Å². The fourth-order valence-corrected chi connectivity index (χ4v) is 6.75. The van der Waals surface area contributed by atoms with Crippen LogP contribution in [0.4, 0.5) is 26.3 Å². The highest BCUT2D eigenvalue weighted by molar-refractivity contribution is 5.85. The van der Waals surface area contributed by atoms with Crippen LogP contribution in [0.5, 0.6) is 11.6 Å². The monoisotopic (exact) mass is 729 g/mol. The zero-order valence-electron chi connectivity index (χ0n) is 27.7. The molecule has 2 atom stereocenters. The van der Waals surface area contributed by atoms with Gasteiger partial charge in [0.25, 0.3) is 5.56 Å². The van der Waals surface area contributed by atoms with Gasteiger partial charge in [-0.15, -0.1) is 5.10 Å². The Morgan fingerprint density at radius 2 is 1.81 bits per heavy atom. The van der Waals surface area contributed by atoms with E-state index in [0.717, 1.165) is 31.2 Å². The third kappa shape index (κ3) is 7.16. The first-order chi connectivity index (χ1) is 24.6. The van der Waals surface area contributed by atoms with Gasteiger partial charge in [-0.3, -0.25) is 28.5 Å². The molecule has 2 unspecified atom stereocenters. The third-order valence-electron chi connectivity index (χ3n) is 9.62. The van der Waals surface area contributed by atoms with Crippen LogP contribution >= 0.6 is 0 Å². The van der Waals surface area contributed by atoms with Gasteiger partial charge in [-0.1, -0.05) is 0 Å². The number of hydrogen-bond acceptors (Lipinski definition) is 6. The molecule has 274 valence electrons. The zero-order valence-corrected chi connectivity index (χ0v) is 27.7. The number of halogens is 6. The summed E-state index contributed by atoms with van der Waals surface area (Å²) in [6, 6.07) is 2.89. The molecule has 1 amide bonds. The van der Waals surface area contributed by atoms with Crippen LogP contribution in [0, 0.1) is 24.5 Å². The van der Waals surface area contributed by atoms with E-state index in [9.17, 15) is 37.1 Å². The number of nitrogens with one attached hydrogen (secondary N) is 1. The summed E-state index contributed by atoms with van der Waals surface area (Å²) in [6.45, 7) is 2.05. The van der Waals surface area contributed by atoms with E-state index in [1.54, 1.807) is 15.8 Å². The summed E-state index contributed by atoms with van der Waals surface area (Å²) in [5.74, 6) is -4.12. The Hall–Kier alpha value is -5.12. The number of aliphatic carboxylic acids is 1. The van der Waals surface area contributed by atoms with Crippen LogP contribution in [0.25, 0.3) is 11.1 Å². The Kier molecular flexibility index (Phi) is 9.13. The van der Waals surface area contributed by atoms with E-state index in [0.29, 0.717) is 34.2 Å². The van der Waals surface area contributed by atoms with Gasteiger partial charge in [-0.2, -0.15) is 13.2 Å².